The molecule has 0 saturated carbocycles. The van der Waals surface area contributed by atoms with Crippen molar-refractivity contribution in [2.75, 3.05) is 0 Å². The van der Waals surface area contributed by atoms with Crippen LogP contribution in [0.1, 0.15) is 0 Å². The monoisotopic (exact) mass is 726 g/mol. The van der Waals surface area contributed by atoms with E-state index in [9.17, 15) is 0 Å². The molecule has 0 bridgehead atoms. The lowest BCUT2D eigenvalue weighted by atomic mass is 10.0. The zero-order valence-corrected chi connectivity index (χ0v) is 30.9. The summed E-state index contributed by atoms with van der Waals surface area (Å²) in [6, 6.07) is 74.4. The van der Waals surface area contributed by atoms with Crippen molar-refractivity contribution in [3.63, 3.8) is 0 Å². The Balaban J connectivity index is 1.03. The minimum absolute atomic E-state index is 0.888. The van der Waals surface area contributed by atoms with Crippen LogP contribution >= 0.6 is 0 Å². The minimum Gasteiger partial charge on any atom is -0.454 e. The highest BCUT2D eigenvalue weighted by atomic mass is 16.3. The lowest BCUT2D eigenvalue weighted by Crippen LogP contribution is -1.95. The largest absolute Gasteiger partial charge is 0.454 e. The summed E-state index contributed by atoms with van der Waals surface area (Å²) in [5, 5.41) is 7.13. The van der Waals surface area contributed by atoms with Gasteiger partial charge in [-0.15, -0.1) is 0 Å². The Morgan fingerprint density at radius 3 is 1.39 bits per heavy atom. The number of para-hydroxylation sites is 3. The SMILES string of the molecule is c1ccc(-c2ccc(-n3c4ccccc4c4cc(-c5ccc6c(c5)c5ccccc5n6-c5cc(-c6ccccc6)cc6c5oc5ccccc56)ccc43)cc2)cc1. The first kappa shape index (κ1) is 31.7. The molecule has 57 heavy (non-hydrogen) atoms. The highest BCUT2D eigenvalue weighted by Crippen LogP contribution is 2.42. The lowest BCUT2D eigenvalue weighted by molar-refractivity contribution is 0.666. The maximum atomic E-state index is 6.70. The van der Waals surface area contributed by atoms with Crippen LogP contribution in [0.25, 0.3) is 110 Å². The molecule has 0 saturated heterocycles. The molecule has 0 N–H and O–H groups in total. The zero-order valence-electron chi connectivity index (χ0n) is 30.9. The van der Waals surface area contributed by atoms with Crippen LogP contribution in [0.15, 0.2) is 211 Å². The molecule has 0 aliphatic heterocycles. The van der Waals surface area contributed by atoms with Crippen molar-refractivity contribution in [1.82, 2.24) is 9.13 Å². The maximum absolute atomic E-state index is 6.70. The van der Waals surface area contributed by atoms with E-state index in [0.717, 1.165) is 49.9 Å². The van der Waals surface area contributed by atoms with Crippen molar-refractivity contribution >= 4 is 65.6 Å². The fourth-order valence-corrected chi connectivity index (χ4v) is 9.05. The molecular formula is C54H34N2O. The smallest absolute Gasteiger partial charge is 0.159 e. The predicted molar refractivity (Wildman–Crippen MR) is 239 cm³/mol. The van der Waals surface area contributed by atoms with E-state index in [4.69, 9.17) is 4.42 Å². The summed E-state index contributed by atoms with van der Waals surface area (Å²) in [4.78, 5) is 0. The van der Waals surface area contributed by atoms with E-state index in [2.05, 4.69) is 209 Å². The topological polar surface area (TPSA) is 23.0 Å². The summed E-state index contributed by atoms with van der Waals surface area (Å²) in [6.07, 6.45) is 0. The summed E-state index contributed by atoms with van der Waals surface area (Å²) in [5.74, 6) is 0. The van der Waals surface area contributed by atoms with Gasteiger partial charge in [0.1, 0.15) is 5.58 Å². The Morgan fingerprint density at radius 1 is 0.281 bits per heavy atom. The Hall–Kier alpha value is -7.62. The van der Waals surface area contributed by atoms with Crippen molar-refractivity contribution in [2.45, 2.75) is 0 Å². The van der Waals surface area contributed by atoms with Crippen LogP contribution in [0.2, 0.25) is 0 Å². The van der Waals surface area contributed by atoms with E-state index in [1.54, 1.807) is 0 Å². The van der Waals surface area contributed by atoms with Crippen molar-refractivity contribution in [1.29, 1.82) is 0 Å². The Labute approximate surface area is 328 Å². The molecule has 3 heterocycles. The number of fused-ring (bicyclic) bond motifs is 9. The van der Waals surface area contributed by atoms with E-state index < -0.39 is 0 Å². The van der Waals surface area contributed by atoms with E-state index >= 15 is 0 Å². The zero-order chi connectivity index (χ0) is 37.5. The second kappa shape index (κ2) is 12.5. The molecule has 0 amide bonds. The maximum Gasteiger partial charge on any atom is 0.159 e. The molecule has 0 unspecified atom stereocenters. The molecule has 3 aromatic heterocycles. The Morgan fingerprint density at radius 2 is 0.737 bits per heavy atom. The molecule has 0 radical (unpaired) electrons. The van der Waals surface area contributed by atoms with Gasteiger partial charge in [0.2, 0.25) is 0 Å². The lowest BCUT2D eigenvalue weighted by Gasteiger charge is -2.12. The molecular weight excluding hydrogens is 693 g/mol. The number of benzene rings is 9. The van der Waals surface area contributed by atoms with Crippen molar-refractivity contribution in [2.24, 2.45) is 0 Å². The second-order valence-electron chi connectivity index (χ2n) is 14.9. The second-order valence-corrected chi connectivity index (χ2v) is 14.9. The van der Waals surface area contributed by atoms with Gasteiger partial charge in [-0.3, -0.25) is 0 Å². The molecule has 12 aromatic rings. The predicted octanol–water partition coefficient (Wildman–Crippen LogP) is 14.8. The molecule has 12 rings (SSSR count). The normalized spacial score (nSPS) is 11.9. The Bertz CT molecular complexity index is 3490. The van der Waals surface area contributed by atoms with E-state index in [-0.39, 0.29) is 0 Å². The third-order valence-corrected chi connectivity index (χ3v) is 11.7. The molecule has 3 heteroatoms. The fraction of sp³-hybridized carbons (Fsp3) is 0. The van der Waals surface area contributed by atoms with E-state index in [1.807, 2.05) is 6.07 Å². The van der Waals surface area contributed by atoms with Crippen LogP contribution in [0.3, 0.4) is 0 Å². The fourth-order valence-electron chi connectivity index (χ4n) is 9.05. The molecule has 0 aliphatic carbocycles. The molecule has 9 aromatic carbocycles. The van der Waals surface area contributed by atoms with Gasteiger partial charge in [-0.1, -0.05) is 140 Å². The van der Waals surface area contributed by atoms with Crippen LogP contribution in [-0.4, -0.2) is 9.13 Å². The average Bonchev–Trinajstić information content (AvgIpc) is 3.94. The molecule has 0 spiro atoms. The minimum atomic E-state index is 0.888. The van der Waals surface area contributed by atoms with Gasteiger partial charge in [0.25, 0.3) is 0 Å². The summed E-state index contributed by atoms with van der Waals surface area (Å²) in [7, 11) is 0. The third kappa shape index (κ3) is 4.92. The standard InChI is InChI=1S/C54H34N2O/c1-3-13-35(14-4-1)37-23-27-41(28-24-37)55-48-20-10-7-17-42(48)45-31-38(25-29-50(45)55)39-26-30-51-46(32-39)43-18-8-11-21-49(43)56(51)52-34-40(36-15-5-2-6-16-36)33-47-44-19-9-12-22-53(44)57-54(47)52/h1-34H. The third-order valence-electron chi connectivity index (χ3n) is 11.7. The van der Waals surface area contributed by atoms with Crippen molar-refractivity contribution in [3.8, 4) is 44.8 Å². The number of nitrogens with zero attached hydrogens (tertiary/aromatic N) is 2. The van der Waals surface area contributed by atoms with Gasteiger partial charge < -0.3 is 13.6 Å². The van der Waals surface area contributed by atoms with E-state index in [0.29, 0.717) is 0 Å². The van der Waals surface area contributed by atoms with Crippen LogP contribution in [0.5, 0.6) is 0 Å². The van der Waals surface area contributed by atoms with Gasteiger partial charge in [-0.2, -0.15) is 0 Å². The number of aromatic nitrogens is 2. The average molecular weight is 727 g/mol. The first-order chi connectivity index (χ1) is 28.3. The molecule has 0 aliphatic rings. The van der Waals surface area contributed by atoms with Gasteiger partial charge in [0.05, 0.1) is 27.8 Å². The molecule has 0 atom stereocenters. The molecule has 3 nitrogen and oxygen atoms in total. The highest BCUT2D eigenvalue weighted by Gasteiger charge is 2.20. The van der Waals surface area contributed by atoms with Gasteiger partial charge in [-0.25, -0.2) is 0 Å². The van der Waals surface area contributed by atoms with Crippen LogP contribution in [-0.2, 0) is 0 Å². The first-order valence-corrected chi connectivity index (χ1v) is 19.5. The summed E-state index contributed by atoms with van der Waals surface area (Å²) in [6.45, 7) is 0. The van der Waals surface area contributed by atoms with Gasteiger partial charge >= 0.3 is 0 Å². The Kier molecular flexibility index (Phi) is 6.93. The molecule has 266 valence electrons. The number of furan rings is 1. The van der Waals surface area contributed by atoms with Gasteiger partial charge in [-0.05, 0) is 100 Å². The van der Waals surface area contributed by atoms with Gasteiger partial charge in [0.15, 0.2) is 5.58 Å². The molecule has 0 fully saturated rings. The summed E-state index contributed by atoms with van der Waals surface area (Å²) in [5.41, 5.74) is 15.8. The summed E-state index contributed by atoms with van der Waals surface area (Å²) >= 11 is 0. The quantitative estimate of drug-likeness (QED) is 0.173. The van der Waals surface area contributed by atoms with E-state index in [1.165, 1.54) is 60.4 Å². The van der Waals surface area contributed by atoms with Crippen LogP contribution < -0.4 is 0 Å². The number of hydrogen-bond donors (Lipinski definition) is 0. The van der Waals surface area contributed by atoms with Crippen molar-refractivity contribution < 1.29 is 4.42 Å². The van der Waals surface area contributed by atoms with Gasteiger partial charge in [0, 0.05) is 38.0 Å². The van der Waals surface area contributed by atoms with Crippen molar-refractivity contribution in [3.05, 3.63) is 206 Å². The van der Waals surface area contributed by atoms with Crippen LogP contribution in [0.4, 0.5) is 0 Å². The number of hydrogen-bond acceptors (Lipinski definition) is 1. The number of rotatable bonds is 5. The summed E-state index contributed by atoms with van der Waals surface area (Å²) < 4.78 is 11.5. The van der Waals surface area contributed by atoms with Crippen LogP contribution in [0, 0.1) is 0 Å². The first-order valence-electron chi connectivity index (χ1n) is 19.5. The highest BCUT2D eigenvalue weighted by molar-refractivity contribution is 6.15.